The van der Waals surface area contributed by atoms with Gasteiger partial charge in [-0.1, -0.05) is 17.2 Å². The third-order valence-corrected chi connectivity index (χ3v) is 6.13. The van der Waals surface area contributed by atoms with Crippen LogP contribution in [-0.4, -0.2) is 40.6 Å². The van der Waals surface area contributed by atoms with Crippen molar-refractivity contribution in [1.82, 2.24) is 15.1 Å². The highest BCUT2D eigenvalue weighted by molar-refractivity contribution is 5.80. The molecule has 1 aromatic carbocycles. The molecule has 136 valence electrons. The van der Waals surface area contributed by atoms with Crippen molar-refractivity contribution in [1.29, 1.82) is 0 Å². The Labute approximate surface area is 153 Å². The molecule has 0 bridgehead atoms. The van der Waals surface area contributed by atoms with E-state index in [9.17, 15) is 4.79 Å². The highest BCUT2D eigenvalue weighted by Crippen LogP contribution is 2.53. The van der Waals surface area contributed by atoms with E-state index < -0.39 is 0 Å². The Morgan fingerprint density at radius 2 is 2.00 bits per heavy atom. The molecule has 1 spiro atoms. The molecule has 1 aromatic heterocycles. The molecule has 2 aromatic rings. The predicted octanol–water partition coefficient (Wildman–Crippen LogP) is 3.43. The Hall–Kier alpha value is -2.37. The van der Waals surface area contributed by atoms with Gasteiger partial charge in [-0.2, -0.15) is 0 Å². The molecular formula is C20H24N4O2. The van der Waals surface area contributed by atoms with Gasteiger partial charge in [-0.05, 0) is 67.6 Å². The van der Waals surface area contributed by atoms with Crippen LogP contribution in [0.15, 0.2) is 28.7 Å². The van der Waals surface area contributed by atoms with Crippen molar-refractivity contribution in [2.75, 3.05) is 25.0 Å². The number of hydrogen-bond acceptors (Lipinski definition) is 5. The molecule has 1 saturated heterocycles. The minimum absolute atomic E-state index is 0.107. The van der Waals surface area contributed by atoms with E-state index in [2.05, 4.69) is 27.6 Å². The molecule has 1 N–H and O–H groups in total. The summed E-state index contributed by atoms with van der Waals surface area (Å²) in [6.45, 7) is 1.96. The minimum atomic E-state index is 0.107. The van der Waals surface area contributed by atoms with E-state index in [1.165, 1.54) is 31.2 Å². The topological polar surface area (TPSA) is 71.3 Å². The van der Waals surface area contributed by atoms with Crippen LogP contribution < -0.4 is 5.32 Å². The lowest BCUT2D eigenvalue weighted by Gasteiger charge is -2.32. The fourth-order valence-corrected chi connectivity index (χ4v) is 3.92. The van der Waals surface area contributed by atoms with Crippen LogP contribution in [0.4, 0.5) is 6.01 Å². The Morgan fingerprint density at radius 3 is 2.73 bits per heavy atom. The zero-order valence-corrected chi connectivity index (χ0v) is 14.9. The number of likely N-dealkylation sites (tertiary alicyclic amines) is 1. The molecule has 26 heavy (non-hydrogen) atoms. The van der Waals surface area contributed by atoms with Crippen LogP contribution >= 0.6 is 0 Å². The maximum absolute atomic E-state index is 12.4. The molecule has 0 radical (unpaired) electrons. The van der Waals surface area contributed by atoms with Gasteiger partial charge in [-0.25, -0.2) is 0 Å². The Balaban J connectivity index is 1.18. The first-order chi connectivity index (χ1) is 12.7. The van der Waals surface area contributed by atoms with Gasteiger partial charge in [0.2, 0.25) is 11.8 Å². The van der Waals surface area contributed by atoms with Crippen LogP contribution in [-0.2, 0) is 4.79 Å². The molecule has 2 heterocycles. The average molecular weight is 352 g/mol. The standard InChI is InChI=1S/C20H24N4O2/c25-17(24-10-8-20(6-7-20)9-11-24)13-21-19-23-22-18(26-19)16-3-1-2-15(12-16)14-4-5-14/h1-3,12,14H,4-11,13H2,(H,21,23). The van der Waals surface area contributed by atoms with E-state index >= 15 is 0 Å². The lowest BCUT2D eigenvalue weighted by atomic mass is 9.94. The summed E-state index contributed by atoms with van der Waals surface area (Å²) in [5.74, 6) is 1.29. The van der Waals surface area contributed by atoms with Crippen molar-refractivity contribution in [2.24, 2.45) is 5.41 Å². The second-order valence-corrected chi connectivity index (χ2v) is 8.05. The van der Waals surface area contributed by atoms with Gasteiger partial charge in [0.05, 0.1) is 6.54 Å². The number of amides is 1. The first kappa shape index (κ1) is 15.9. The van der Waals surface area contributed by atoms with E-state index in [0.29, 0.717) is 23.2 Å². The Bertz CT molecular complexity index is 813. The molecule has 2 aliphatic carbocycles. The van der Waals surface area contributed by atoms with Crippen molar-refractivity contribution in [3.05, 3.63) is 29.8 Å². The maximum atomic E-state index is 12.4. The van der Waals surface area contributed by atoms with Crippen molar-refractivity contribution in [3.8, 4) is 11.5 Å². The predicted molar refractivity (Wildman–Crippen MR) is 97.7 cm³/mol. The van der Waals surface area contributed by atoms with Crippen LogP contribution in [0.25, 0.3) is 11.5 Å². The quantitative estimate of drug-likeness (QED) is 0.893. The third-order valence-electron chi connectivity index (χ3n) is 6.13. The van der Waals surface area contributed by atoms with E-state index in [-0.39, 0.29) is 12.5 Å². The van der Waals surface area contributed by atoms with Crippen LogP contribution in [0.1, 0.15) is 50.0 Å². The minimum Gasteiger partial charge on any atom is -0.403 e. The summed E-state index contributed by atoms with van der Waals surface area (Å²) in [4.78, 5) is 14.3. The number of nitrogens with one attached hydrogen (secondary N) is 1. The highest BCUT2D eigenvalue weighted by Gasteiger charge is 2.44. The second kappa shape index (κ2) is 6.11. The summed E-state index contributed by atoms with van der Waals surface area (Å²) < 4.78 is 5.70. The molecule has 1 aliphatic heterocycles. The number of benzene rings is 1. The molecule has 3 aliphatic rings. The first-order valence-corrected chi connectivity index (χ1v) is 9.66. The second-order valence-electron chi connectivity index (χ2n) is 8.05. The third kappa shape index (κ3) is 3.20. The van der Waals surface area contributed by atoms with Gasteiger partial charge in [-0.3, -0.25) is 4.79 Å². The van der Waals surface area contributed by atoms with Gasteiger partial charge in [0, 0.05) is 18.7 Å². The lowest BCUT2D eigenvalue weighted by molar-refractivity contribution is -0.130. The number of aromatic nitrogens is 2. The van der Waals surface area contributed by atoms with E-state index in [1.54, 1.807) is 0 Å². The molecule has 1 amide bonds. The van der Waals surface area contributed by atoms with Crippen LogP contribution in [0.2, 0.25) is 0 Å². The van der Waals surface area contributed by atoms with Gasteiger partial charge >= 0.3 is 6.01 Å². The smallest absolute Gasteiger partial charge is 0.316 e. The fourth-order valence-electron chi connectivity index (χ4n) is 3.92. The largest absolute Gasteiger partial charge is 0.403 e. The van der Waals surface area contributed by atoms with Gasteiger partial charge in [0.15, 0.2) is 0 Å². The maximum Gasteiger partial charge on any atom is 0.316 e. The number of piperidine rings is 1. The van der Waals surface area contributed by atoms with Crippen molar-refractivity contribution < 1.29 is 9.21 Å². The molecule has 5 rings (SSSR count). The zero-order chi connectivity index (χ0) is 17.6. The number of carbonyl (C=O) groups excluding carboxylic acids is 1. The molecule has 6 nitrogen and oxygen atoms in total. The van der Waals surface area contributed by atoms with E-state index in [1.807, 2.05) is 17.0 Å². The summed E-state index contributed by atoms with van der Waals surface area (Å²) in [6, 6.07) is 8.60. The highest BCUT2D eigenvalue weighted by atomic mass is 16.4. The monoisotopic (exact) mass is 352 g/mol. The van der Waals surface area contributed by atoms with Crippen molar-refractivity contribution in [2.45, 2.75) is 44.4 Å². The summed E-state index contributed by atoms with van der Waals surface area (Å²) in [5.41, 5.74) is 2.86. The lowest BCUT2D eigenvalue weighted by Crippen LogP contribution is -2.41. The molecular weight excluding hydrogens is 328 g/mol. The summed E-state index contributed by atoms with van der Waals surface area (Å²) in [6.07, 6.45) is 7.53. The first-order valence-electron chi connectivity index (χ1n) is 9.66. The number of rotatable bonds is 5. The molecule has 2 saturated carbocycles. The molecule has 6 heteroatoms. The van der Waals surface area contributed by atoms with Crippen LogP contribution in [0.5, 0.6) is 0 Å². The Kier molecular flexibility index (Phi) is 3.72. The van der Waals surface area contributed by atoms with Crippen molar-refractivity contribution >= 4 is 11.9 Å². The number of nitrogens with zero attached hydrogens (tertiary/aromatic N) is 3. The van der Waals surface area contributed by atoms with E-state index in [0.717, 1.165) is 31.5 Å². The summed E-state index contributed by atoms with van der Waals surface area (Å²) >= 11 is 0. The van der Waals surface area contributed by atoms with Crippen LogP contribution in [0.3, 0.4) is 0 Å². The summed E-state index contributed by atoms with van der Waals surface area (Å²) in [5, 5.41) is 11.1. The average Bonchev–Trinajstić information content (AvgIpc) is 3.60. The SMILES string of the molecule is O=C(CNc1nnc(-c2cccc(C3CC3)c2)o1)N1CCC2(CC1)CC2. The van der Waals surface area contributed by atoms with E-state index in [4.69, 9.17) is 4.42 Å². The number of hydrogen-bond donors (Lipinski definition) is 1. The molecule has 0 atom stereocenters. The van der Waals surface area contributed by atoms with Gasteiger partial charge in [0.1, 0.15) is 0 Å². The van der Waals surface area contributed by atoms with Gasteiger partial charge in [0.25, 0.3) is 0 Å². The van der Waals surface area contributed by atoms with Crippen molar-refractivity contribution in [3.63, 3.8) is 0 Å². The normalized spacial score (nSPS) is 21.0. The van der Waals surface area contributed by atoms with Crippen LogP contribution in [0, 0.1) is 5.41 Å². The number of carbonyl (C=O) groups is 1. The zero-order valence-electron chi connectivity index (χ0n) is 14.9. The fraction of sp³-hybridized carbons (Fsp3) is 0.550. The van der Waals surface area contributed by atoms with Gasteiger partial charge < -0.3 is 14.6 Å². The molecule has 0 unspecified atom stereocenters. The number of anilines is 1. The molecule has 3 fully saturated rings. The summed E-state index contributed by atoms with van der Waals surface area (Å²) in [7, 11) is 0. The Morgan fingerprint density at radius 1 is 1.19 bits per heavy atom. The van der Waals surface area contributed by atoms with Gasteiger partial charge in [-0.15, -0.1) is 5.10 Å².